The molecule has 272 valence electrons. The van der Waals surface area contributed by atoms with Crippen LogP contribution in [-0.4, -0.2) is 81.3 Å². The SMILES string of the molecule is COC(=O)[C@](C)([C@@H](OCc1ccc(OC)cc1)[C@H](OCc1ccc(OC)cc1)[C@H](C=O)OCc1ccc(OC)cc1)N1C(=O)c2ccccc2C1=O. The minimum absolute atomic E-state index is 0.0387. The molecule has 4 aromatic carbocycles. The Balaban J connectivity index is 1.61. The normalized spacial score (nSPS) is 15.2. The predicted molar refractivity (Wildman–Crippen MR) is 188 cm³/mol. The first-order chi connectivity index (χ1) is 25.2. The smallest absolute Gasteiger partial charge is 0.334 e. The highest BCUT2D eigenvalue weighted by Crippen LogP contribution is 2.37. The van der Waals surface area contributed by atoms with Crippen LogP contribution in [-0.2, 0) is 48.4 Å². The van der Waals surface area contributed by atoms with Crippen LogP contribution in [0.3, 0.4) is 0 Å². The summed E-state index contributed by atoms with van der Waals surface area (Å²) in [6.07, 6.45) is -3.73. The minimum atomic E-state index is -2.18. The molecule has 0 fully saturated rings. The summed E-state index contributed by atoms with van der Waals surface area (Å²) in [5.74, 6) is -0.569. The minimum Gasteiger partial charge on any atom is -0.497 e. The van der Waals surface area contributed by atoms with Crippen molar-refractivity contribution in [3.05, 3.63) is 125 Å². The fourth-order valence-corrected chi connectivity index (χ4v) is 6.03. The summed E-state index contributed by atoms with van der Waals surface area (Å²) >= 11 is 0. The molecule has 0 aliphatic carbocycles. The molecule has 52 heavy (non-hydrogen) atoms. The van der Waals surface area contributed by atoms with Crippen molar-refractivity contribution < 1.29 is 52.3 Å². The van der Waals surface area contributed by atoms with E-state index in [2.05, 4.69) is 0 Å². The summed E-state index contributed by atoms with van der Waals surface area (Å²) < 4.78 is 40.4. The molecule has 12 heteroatoms. The second-order valence-electron chi connectivity index (χ2n) is 12.1. The van der Waals surface area contributed by atoms with Gasteiger partial charge < -0.3 is 38.0 Å². The Labute approximate surface area is 302 Å². The number of hydrogen-bond donors (Lipinski definition) is 0. The molecule has 0 N–H and O–H groups in total. The summed E-state index contributed by atoms with van der Waals surface area (Å²) in [5.41, 5.74) is 0.110. The lowest BCUT2D eigenvalue weighted by molar-refractivity contribution is -0.194. The topological polar surface area (TPSA) is 136 Å². The van der Waals surface area contributed by atoms with Gasteiger partial charge >= 0.3 is 5.97 Å². The van der Waals surface area contributed by atoms with E-state index in [4.69, 9.17) is 33.2 Å². The molecule has 1 aliphatic rings. The van der Waals surface area contributed by atoms with E-state index >= 15 is 0 Å². The monoisotopic (exact) mass is 711 g/mol. The molecule has 1 heterocycles. The molecule has 1 aliphatic heterocycles. The van der Waals surface area contributed by atoms with Gasteiger partial charge in [-0.3, -0.25) is 14.5 Å². The third kappa shape index (κ3) is 7.99. The first kappa shape index (κ1) is 37.7. The van der Waals surface area contributed by atoms with Crippen molar-refractivity contribution in [1.82, 2.24) is 4.90 Å². The third-order valence-corrected chi connectivity index (χ3v) is 8.96. The molecule has 0 saturated carbocycles. The molecule has 0 saturated heterocycles. The van der Waals surface area contributed by atoms with Crippen LogP contribution in [0.15, 0.2) is 97.1 Å². The number of methoxy groups -OCH3 is 4. The Morgan fingerprint density at radius 1 is 0.635 bits per heavy atom. The van der Waals surface area contributed by atoms with E-state index in [1.54, 1.807) is 106 Å². The largest absolute Gasteiger partial charge is 0.497 e. The van der Waals surface area contributed by atoms with E-state index in [-0.39, 0.29) is 30.9 Å². The highest BCUT2D eigenvalue weighted by molar-refractivity contribution is 6.23. The lowest BCUT2D eigenvalue weighted by Gasteiger charge is -2.44. The number of carbonyl (C=O) groups excluding carboxylic acids is 4. The van der Waals surface area contributed by atoms with Crippen molar-refractivity contribution >= 4 is 24.1 Å². The van der Waals surface area contributed by atoms with E-state index in [1.165, 1.54) is 19.1 Å². The number of benzene rings is 4. The summed E-state index contributed by atoms with van der Waals surface area (Å²) in [7, 11) is 5.79. The zero-order valence-corrected chi connectivity index (χ0v) is 29.6. The Morgan fingerprint density at radius 2 is 1.04 bits per heavy atom. The van der Waals surface area contributed by atoms with Crippen LogP contribution in [0.2, 0.25) is 0 Å². The summed E-state index contributed by atoms with van der Waals surface area (Å²) in [5, 5.41) is 0. The van der Waals surface area contributed by atoms with Crippen molar-refractivity contribution in [1.29, 1.82) is 0 Å². The van der Waals surface area contributed by atoms with E-state index in [0.717, 1.165) is 12.0 Å². The number of esters is 1. The van der Waals surface area contributed by atoms with Gasteiger partial charge in [0.15, 0.2) is 11.8 Å². The van der Waals surface area contributed by atoms with Gasteiger partial charge in [0, 0.05) is 0 Å². The molecule has 2 amide bonds. The molecule has 12 nitrogen and oxygen atoms in total. The number of carbonyl (C=O) groups is 4. The van der Waals surface area contributed by atoms with Crippen LogP contribution in [0.5, 0.6) is 17.2 Å². The van der Waals surface area contributed by atoms with Gasteiger partial charge in [0.25, 0.3) is 11.8 Å². The standard InChI is InChI=1S/C40H41NO11/c1-40(39(45)49-5,41-37(43)32-8-6-7-9-33(32)38(41)44)36(52-25-28-14-20-31(48-4)21-15-28)35(51-24-27-12-18-30(47-3)19-13-27)34(22-42)50-23-26-10-16-29(46-2)17-11-26/h6-22,34-36H,23-25H2,1-5H3/t34-,35+,36-,40-/m0/s1. The van der Waals surface area contributed by atoms with Crippen LogP contribution < -0.4 is 14.2 Å². The average Bonchev–Trinajstić information content (AvgIpc) is 3.45. The summed E-state index contributed by atoms with van der Waals surface area (Å²) in [4.78, 5) is 56.1. The van der Waals surface area contributed by atoms with Crippen molar-refractivity contribution in [2.75, 3.05) is 28.4 Å². The molecular weight excluding hydrogens is 670 g/mol. The van der Waals surface area contributed by atoms with Gasteiger partial charge in [-0.05, 0) is 72.1 Å². The Bertz CT molecular complexity index is 1810. The molecule has 0 unspecified atom stereocenters. The molecule has 4 atom stereocenters. The number of aldehydes is 1. The molecule has 0 aromatic heterocycles. The zero-order chi connectivity index (χ0) is 37.3. The lowest BCUT2D eigenvalue weighted by Crippen LogP contribution is -2.68. The first-order valence-corrected chi connectivity index (χ1v) is 16.4. The number of fused-ring (bicyclic) bond motifs is 1. The lowest BCUT2D eigenvalue weighted by atomic mass is 9.86. The second kappa shape index (κ2) is 17.1. The Hall–Kier alpha value is -5.56. The molecule has 5 rings (SSSR count). The van der Waals surface area contributed by atoms with Gasteiger partial charge in [-0.1, -0.05) is 48.5 Å². The fourth-order valence-electron chi connectivity index (χ4n) is 6.03. The third-order valence-electron chi connectivity index (χ3n) is 8.96. The second-order valence-corrected chi connectivity index (χ2v) is 12.1. The van der Waals surface area contributed by atoms with Gasteiger partial charge in [-0.15, -0.1) is 0 Å². The van der Waals surface area contributed by atoms with Gasteiger partial charge in [0.05, 0.1) is 59.4 Å². The van der Waals surface area contributed by atoms with Crippen LogP contribution in [0.25, 0.3) is 0 Å². The van der Waals surface area contributed by atoms with Crippen LogP contribution in [0.4, 0.5) is 0 Å². The van der Waals surface area contributed by atoms with Gasteiger partial charge in [-0.25, -0.2) is 4.79 Å². The number of imide groups is 1. The van der Waals surface area contributed by atoms with Crippen LogP contribution >= 0.6 is 0 Å². The van der Waals surface area contributed by atoms with Crippen molar-refractivity contribution in [3.8, 4) is 17.2 Å². The fraction of sp³-hybridized carbons (Fsp3) is 0.300. The van der Waals surface area contributed by atoms with Gasteiger partial charge in [0.1, 0.15) is 35.6 Å². The summed E-state index contributed by atoms with van der Waals surface area (Å²) in [6.45, 7) is 1.13. The molecular formula is C40H41NO11. The van der Waals surface area contributed by atoms with E-state index in [9.17, 15) is 19.2 Å². The maximum Gasteiger partial charge on any atom is 0.334 e. The van der Waals surface area contributed by atoms with E-state index in [1.807, 2.05) is 0 Å². The number of nitrogens with zero attached hydrogens (tertiary/aromatic N) is 1. The molecule has 0 radical (unpaired) electrons. The highest BCUT2D eigenvalue weighted by atomic mass is 16.6. The molecule has 0 spiro atoms. The van der Waals surface area contributed by atoms with Crippen LogP contribution in [0, 0.1) is 0 Å². The van der Waals surface area contributed by atoms with Crippen molar-refractivity contribution in [3.63, 3.8) is 0 Å². The van der Waals surface area contributed by atoms with Crippen molar-refractivity contribution in [2.45, 2.75) is 50.6 Å². The first-order valence-electron chi connectivity index (χ1n) is 16.4. The van der Waals surface area contributed by atoms with E-state index < -0.39 is 41.6 Å². The predicted octanol–water partition coefficient (Wildman–Crippen LogP) is 5.20. The zero-order valence-electron chi connectivity index (χ0n) is 29.6. The maximum atomic E-state index is 14.1. The van der Waals surface area contributed by atoms with E-state index in [0.29, 0.717) is 40.2 Å². The quantitative estimate of drug-likeness (QED) is 0.0766. The highest BCUT2D eigenvalue weighted by Gasteiger charge is 2.60. The van der Waals surface area contributed by atoms with Gasteiger partial charge in [-0.2, -0.15) is 0 Å². The molecule has 0 bridgehead atoms. The average molecular weight is 712 g/mol. The Morgan fingerprint density at radius 3 is 1.42 bits per heavy atom. The molecule has 4 aromatic rings. The van der Waals surface area contributed by atoms with Crippen molar-refractivity contribution in [2.24, 2.45) is 0 Å². The number of amides is 2. The Kier molecular flexibility index (Phi) is 12.4. The number of ether oxygens (including phenoxy) is 7. The van der Waals surface area contributed by atoms with Crippen LogP contribution in [0.1, 0.15) is 44.3 Å². The number of hydrogen-bond acceptors (Lipinski definition) is 11. The summed E-state index contributed by atoms with van der Waals surface area (Å²) in [6, 6.07) is 27.4. The number of rotatable bonds is 18. The maximum absolute atomic E-state index is 14.1. The van der Waals surface area contributed by atoms with Gasteiger partial charge in [0.2, 0.25) is 0 Å².